The summed E-state index contributed by atoms with van der Waals surface area (Å²) in [7, 11) is 0. The Bertz CT molecular complexity index is 159. The fraction of sp³-hybridized carbons (Fsp3) is 0.625. The van der Waals surface area contributed by atoms with Gasteiger partial charge in [-0.3, -0.25) is 0 Å². The molecular weight excluding hydrogens is 140 g/mol. The van der Waals surface area contributed by atoms with Crippen LogP contribution in [-0.2, 0) is 0 Å². The van der Waals surface area contributed by atoms with Crippen molar-refractivity contribution in [3.05, 3.63) is 12.2 Å². The Kier molecular flexibility index (Phi) is 4.34. The molecule has 11 heavy (non-hydrogen) atoms. The van der Waals surface area contributed by atoms with Crippen molar-refractivity contribution in [3.8, 4) is 0 Å². The van der Waals surface area contributed by atoms with Gasteiger partial charge in [0.25, 0.3) is 0 Å². The normalized spacial score (nSPS) is 11.4. The summed E-state index contributed by atoms with van der Waals surface area (Å²) in [5.74, 6) is 0.579. The predicted molar refractivity (Wildman–Crippen MR) is 47.0 cm³/mol. The fourth-order valence-corrected chi connectivity index (χ4v) is 0.942. The van der Waals surface area contributed by atoms with E-state index in [1.165, 1.54) is 0 Å². The summed E-state index contributed by atoms with van der Waals surface area (Å²) in [6.45, 7) is 11.2. The van der Waals surface area contributed by atoms with Crippen LogP contribution in [0.25, 0.3) is 0 Å². The van der Waals surface area contributed by atoms with Gasteiger partial charge >= 0.3 is 0 Å². The minimum Gasteiger partial charge on any atom is -0.409 e. The van der Waals surface area contributed by atoms with E-state index in [2.05, 4.69) is 11.7 Å². The molecule has 64 valence electrons. The van der Waals surface area contributed by atoms with Crippen LogP contribution in [0.3, 0.4) is 0 Å². The van der Waals surface area contributed by atoms with Crippen LogP contribution in [-0.4, -0.2) is 29.0 Å². The van der Waals surface area contributed by atoms with Crippen LogP contribution in [0.1, 0.15) is 20.8 Å². The second kappa shape index (κ2) is 4.77. The maximum atomic E-state index is 8.61. The number of amidine groups is 1. The van der Waals surface area contributed by atoms with Crippen molar-refractivity contribution in [2.24, 2.45) is 5.16 Å². The molecular formula is C8H16N2O. The second-order valence-electron chi connectivity index (χ2n) is 2.38. The van der Waals surface area contributed by atoms with Gasteiger partial charge in [0.2, 0.25) is 0 Å². The lowest BCUT2D eigenvalue weighted by atomic mass is 10.3. The number of hydrogen-bond acceptors (Lipinski definition) is 2. The quantitative estimate of drug-likeness (QED) is 0.292. The molecule has 0 radical (unpaired) electrons. The summed E-state index contributed by atoms with van der Waals surface area (Å²) in [5, 5.41) is 11.8. The average molecular weight is 156 g/mol. The number of hydrogen-bond donors (Lipinski definition) is 1. The summed E-state index contributed by atoms with van der Waals surface area (Å²) in [4.78, 5) is 1.95. The molecule has 3 heteroatoms. The van der Waals surface area contributed by atoms with Gasteiger partial charge in [0.15, 0.2) is 5.84 Å². The number of rotatable bonds is 3. The van der Waals surface area contributed by atoms with Gasteiger partial charge in [0.1, 0.15) is 0 Å². The summed E-state index contributed by atoms with van der Waals surface area (Å²) >= 11 is 0. The molecule has 0 spiro atoms. The van der Waals surface area contributed by atoms with E-state index in [0.29, 0.717) is 5.84 Å². The zero-order valence-corrected chi connectivity index (χ0v) is 7.46. The van der Waals surface area contributed by atoms with Gasteiger partial charge in [0.05, 0.1) is 0 Å². The zero-order valence-electron chi connectivity index (χ0n) is 7.46. The molecule has 0 aromatic heterocycles. The standard InChI is InChI=1S/C8H16N2O/c1-5-10(6-2)8(9-11)7(3)4/h11H,3,5-6H2,1-2,4H3. The molecule has 0 saturated heterocycles. The van der Waals surface area contributed by atoms with E-state index >= 15 is 0 Å². The van der Waals surface area contributed by atoms with Crippen molar-refractivity contribution >= 4 is 5.84 Å². The van der Waals surface area contributed by atoms with Gasteiger partial charge in [-0.25, -0.2) is 0 Å². The highest BCUT2D eigenvalue weighted by molar-refractivity contribution is 5.96. The highest BCUT2D eigenvalue weighted by Crippen LogP contribution is 1.99. The van der Waals surface area contributed by atoms with Crippen molar-refractivity contribution in [1.29, 1.82) is 0 Å². The predicted octanol–water partition coefficient (Wildman–Crippen LogP) is 1.69. The molecule has 0 heterocycles. The van der Waals surface area contributed by atoms with E-state index in [1.54, 1.807) is 0 Å². The number of oxime groups is 1. The van der Waals surface area contributed by atoms with Gasteiger partial charge in [-0.2, -0.15) is 0 Å². The zero-order chi connectivity index (χ0) is 8.85. The minimum absolute atomic E-state index is 0.579. The second-order valence-corrected chi connectivity index (χ2v) is 2.38. The van der Waals surface area contributed by atoms with Crippen LogP contribution < -0.4 is 0 Å². The topological polar surface area (TPSA) is 35.8 Å². The highest BCUT2D eigenvalue weighted by atomic mass is 16.4. The van der Waals surface area contributed by atoms with E-state index in [-0.39, 0.29) is 0 Å². The molecule has 0 saturated carbocycles. The molecule has 0 aromatic rings. The largest absolute Gasteiger partial charge is 0.409 e. The third-order valence-electron chi connectivity index (χ3n) is 1.54. The Hall–Kier alpha value is -0.990. The lowest BCUT2D eigenvalue weighted by Gasteiger charge is -2.21. The Labute approximate surface area is 68.0 Å². The number of likely N-dealkylation sites (N-methyl/N-ethyl adjacent to an activating group) is 1. The minimum atomic E-state index is 0.579. The Morgan fingerprint density at radius 1 is 1.45 bits per heavy atom. The molecule has 3 nitrogen and oxygen atoms in total. The van der Waals surface area contributed by atoms with E-state index < -0.39 is 0 Å². The van der Waals surface area contributed by atoms with Gasteiger partial charge in [-0.1, -0.05) is 11.7 Å². The lowest BCUT2D eigenvalue weighted by Crippen LogP contribution is -2.31. The molecule has 0 rings (SSSR count). The van der Waals surface area contributed by atoms with Crippen LogP contribution in [0, 0.1) is 0 Å². The molecule has 0 aliphatic rings. The van der Waals surface area contributed by atoms with Crippen molar-refractivity contribution < 1.29 is 5.21 Å². The van der Waals surface area contributed by atoms with Crippen molar-refractivity contribution in [3.63, 3.8) is 0 Å². The Balaban J connectivity index is 4.36. The first-order chi connectivity index (χ1) is 5.17. The van der Waals surface area contributed by atoms with Gasteiger partial charge in [-0.05, 0) is 26.3 Å². The van der Waals surface area contributed by atoms with Crippen LogP contribution in [0.2, 0.25) is 0 Å². The van der Waals surface area contributed by atoms with E-state index in [4.69, 9.17) is 5.21 Å². The molecule has 0 amide bonds. The molecule has 1 N–H and O–H groups in total. The van der Waals surface area contributed by atoms with E-state index in [1.807, 2.05) is 25.7 Å². The Morgan fingerprint density at radius 2 is 1.91 bits per heavy atom. The summed E-state index contributed by atoms with van der Waals surface area (Å²) < 4.78 is 0. The first-order valence-electron chi connectivity index (χ1n) is 3.80. The molecule has 0 fully saturated rings. The van der Waals surface area contributed by atoms with E-state index in [9.17, 15) is 0 Å². The van der Waals surface area contributed by atoms with Gasteiger partial charge < -0.3 is 10.1 Å². The maximum absolute atomic E-state index is 8.61. The van der Waals surface area contributed by atoms with Crippen molar-refractivity contribution in [2.75, 3.05) is 13.1 Å². The first-order valence-corrected chi connectivity index (χ1v) is 3.80. The van der Waals surface area contributed by atoms with E-state index in [0.717, 1.165) is 18.7 Å². The monoisotopic (exact) mass is 156 g/mol. The smallest absolute Gasteiger partial charge is 0.170 e. The molecule has 0 unspecified atom stereocenters. The van der Waals surface area contributed by atoms with Crippen LogP contribution in [0.5, 0.6) is 0 Å². The summed E-state index contributed by atoms with van der Waals surface area (Å²) in [6.07, 6.45) is 0. The summed E-state index contributed by atoms with van der Waals surface area (Å²) in [6, 6.07) is 0. The lowest BCUT2D eigenvalue weighted by molar-refractivity contribution is 0.303. The number of nitrogens with zero attached hydrogens (tertiary/aromatic N) is 2. The van der Waals surface area contributed by atoms with Gasteiger partial charge in [0, 0.05) is 13.1 Å². The van der Waals surface area contributed by atoms with Crippen molar-refractivity contribution in [2.45, 2.75) is 20.8 Å². The molecule has 0 aliphatic heterocycles. The third-order valence-corrected chi connectivity index (χ3v) is 1.54. The molecule has 0 bridgehead atoms. The maximum Gasteiger partial charge on any atom is 0.170 e. The van der Waals surface area contributed by atoms with Crippen molar-refractivity contribution in [1.82, 2.24) is 4.90 Å². The Morgan fingerprint density at radius 3 is 2.00 bits per heavy atom. The molecule has 0 aliphatic carbocycles. The van der Waals surface area contributed by atoms with Crippen LogP contribution in [0.4, 0.5) is 0 Å². The molecule has 0 atom stereocenters. The highest BCUT2D eigenvalue weighted by Gasteiger charge is 2.07. The molecule has 0 aromatic carbocycles. The summed E-state index contributed by atoms with van der Waals surface area (Å²) in [5.41, 5.74) is 0.788. The third kappa shape index (κ3) is 2.62. The average Bonchev–Trinajstić information content (AvgIpc) is 1.99. The van der Waals surface area contributed by atoms with Crippen LogP contribution >= 0.6 is 0 Å². The SMILES string of the molecule is C=C(C)C(=NO)N(CC)CC. The first kappa shape index (κ1) is 10.0. The van der Waals surface area contributed by atoms with Crippen LogP contribution in [0.15, 0.2) is 17.3 Å². The fourth-order valence-electron chi connectivity index (χ4n) is 0.942. The van der Waals surface area contributed by atoms with Gasteiger partial charge in [-0.15, -0.1) is 0 Å².